The fourth-order valence-corrected chi connectivity index (χ4v) is 1.77. The van der Waals surface area contributed by atoms with Crippen molar-refractivity contribution < 1.29 is 9.90 Å². The Morgan fingerprint density at radius 1 is 1.33 bits per heavy atom. The van der Waals surface area contributed by atoms with Gasteiger partial charge in [0, 0.05) is 12.2 Å². The van der Waals surface area contributed by atoms with Gasteiger partial charge in [-0.15, -0.1) is 0 Å². The SMILES string of the molecule is Cc1cc(C(=O)O)ccc1NCCCCN(C)C. The average molecular weight is 250 g/mol. The van der Waals surface area contributed by atoms with Crippen LogP contribution in [0.1, 0.15) is 28.8 Å². The number of nitrogens with zero attached hydrogens (tertiary/aromatic N) is 1. The van der Waals surface area contributed by atoms with Crippen molar-refractivity contribution in [2.45, 2.75) is 19.8 Å². The molecular weight excluding hydrogens is 228 g/mol. The molecule has 0 aliphatic rings. The van der Waals surface area contributed by atoms with Crippen LogP contribution in [-0.2, 0) is 0 Å². The molecule has 0 atom stereocenters. The second-order valence-corrected chi connectivity index (χ2v) is 4.77. The Labute approximate surface area is 109 Å². The van der Waals surface area contributed by atoms with Crippen molar-refractivity contribution in [3.63, 3.8) is 0 Å². The number of benzene rings is 1. The van der Waals surface area contributed by atoms with Gasteiger partial charge in [0.15, 0.2) is 0 Å². The number of rotatable bonds is 7. The molecule has 0 heterocycles. The predicted octanol–water partition coefficient (Wildman–Crippen LogP) is 2.45. The molecule has 0 aliphatic carbocycles. The molecule has 0 spiro atoms. The Kier molecular flexibility index (Phi) is 5.65. The van der Waals surface area contributed by atoms with Crippen LogP contribution in [-0.4, -0.2) is 43.2 Å². The standard InChI is InChI=1S/C14H22N2O2/c1-11-10-12(14(17)18)6-7-13(11)15-8-4-5-9-16(2)3/h6-7,10,15H,4-5,8-9H2,1-3H3,(H,17,18). The van der Waals surface area contributed by atoms with Crippen molar-refractivity contribution in [3.05, 3.63) is 29.3 Å². The maximum absolute atomic E-state index is 10.8. The number of carboxylic acids is 1. The largest absolute Gasteiger partial charge is 0.478 e. The number of aryl methyl sites for hydroxylation is 1. The summed E-state index contributed by atoms with van der Waals surface area (Å²) in [5.41, 5.74) is 2.33. The van der Waals surface area contributed by atoms with E-state index in [0.29, 0.717) is 5.56 Å². The minimum absolute atomic E-state index is 0.339. The van der Waals surface area contributed by atoms with Gasteiger partial charge < -0.3 is 15.3 Å². The van der Waals surface area contributed by atoms with Crippen LogP contribution in [0, 0.1) is 6.92 Å². The first-order valence-electron chi connectivity index (χ1n) is 6.23. The van der Waals surface area contributed by atoms with E-state index in [1.54, 1.807) is 12.1 Å². The van der Waals surface area contributed by atoms with Gasteiger partial charge >= 0.3 is 5.97 Å². The highest BCUT2D eigenvalue weighted by Gasteiger charge is 2.05. The van der Waals surface area contributed by atoms with E-state index in [1.807, 2.05) is 13.0 Å². The van der Waals surface area contributed by atoms with Crippen LogP contribution in [0.2, 0.25) is 0 Å². The van der Waals surface area contributed by atoms with E-state index in [0.717, 1.165) is 37.2 Å². The Hall–Kier alpha value is -1.55. The normalized spacial score (nSPS) is 10.7. The van der Waals surface area contributed by atoms with Crippen LogP contribution in [0.15, 0.2) is 18.2 Å². The number of hydrogen-bond donors (Lipinski definition) is 2. The Morgan fingerprint density at radius 2 is 2.06 bits per heavy atom. The minimum Gasteiger partial charge on any atom is -0.478 e. The quantitative estimate of drug-likeness (QED) is 0.730. The van der Waals surface area contributed by atoms with E-state index < -0.39 is 5.97 Å². The number of anilines is 1. The van der Waals surface area contributed by atoms with Crippen molar-refractivity contribution in [2.24, 2.45) is 0 Å². The highest BCUT2D eigenvalue weighted by Crippen LogP contribution is 2.16. The third-order valence-electron chi connectivity index (χ3n) is 2.82. The first-order chi connectivity index (χ1) is 8.50. The van der Waals surface area contributed by atoms with E-state index >= 15 is 0 Å². The van der Waals surface area contributed by atoms with E-state index in [-0.39, 0.29) is 0 Å². The monoisotopic (exact) mass is 250 g/mol. The topological polar surface area (TPSA) is 52.6 Å². The highest BCUT2D eigenvalue weighted by atomic mass is 16.4. The summed E-state index contributed by atoms with van der Waals surface area (Å²) < 4.78 is 0. The number of carboxylic acid groups (broad SMARTS) is 1. The molecule has 1 aromatic rings. The van der Waals surface area contributed by atoms with Crippen LogP contribution in [0.4, 0.5) is 5.69 Å². The van der Waals surface area contributed by atoms with Gasteiger partial charge in [0.25, 0.3) is 0 Å². The lowest BCUT2D eigenvalue weighted by Crippen LogP contribution is -2.14. The minimum atomic E-state index is -0.879. The summed E-state index contributed by atoms with van der Waals surface area (Å²) in [5.74, 6) is -0.879. The van der Waals surface area contributed by atoms with Crippen LogP contribution < -0.4 is 5.32 Å². The van der Waals surface area contributed by atoms with Gasteiger partial charge in [-0.2, -0.15) is 0 Å². The van der Waals surface area contributed by atoms with Crippen molar-refractivity contribution in [1.82, 2.24) is 4.90 Å². The van der Waals surface area contributed by atoms with Gasteiger partial charge in [0.2, 0.25) is 0 Å². The van der Waals surface area contributed by atoms with Gasteiger partial charge in [-0.25, -0.2) is 4.79 Å². The van der Waals surface area contributed by atoms with Crippen LogP contribution in [0.3, 0.4) is 0 Å². The Balaban J connectivity index is 2.41. The van der Waals surface area contributed by atoms with Crippen molar-refractivity contribution in [2.75, 3.05) is 32.5 Å². The van der Waals surface area contributed by atoms with Gasteiger partial charge in [0.05, 0.1) is 5.56 Å². The molecule has 18 heavy (non-hydrogen) atoms. The van der Waals surface area contributed by atoms with Gasteiger partial charge in [-0.05, 0) is 64.2 Å². The predicted molar refractivity (Wildman–Crippen MR) is 74.4 cm³/mol. The summed E-state index contributed by atoms with van der Waals surface area (Å²) >= 11 is 0. The fraction of sp³-hybridized carbons (Fsp3) is 0.500. The molecule has 4 heteroatoms. The number of carbonyl (C=O) groups is 1. The number of aromatic carboxylic acids is 1. The van der Waals surface area contributed by atoms with Crippen molar-refractivity contribution >= 4 is 11.7 Å². The second kappa shape index (κ2) is 7.01. The Morgan fingerprint density at radius 3 is 2.61 bits per heavy atom. The number of hydrogen-bond acceptors (Lipinski definition) is 3. The number of nitrogens with one attached hydrogen (secondary N) is 1. The molecule has 0 unspecified atom stereocenters. The molecular formula is C14H22N2O2. The van der Waals surface area contributed by atoms with E-state index in [2.05, 4.69) is 24.3 Å². The molecule has 0 aromatic heterocycles. The lowest BCUT2D eigenvalue weighted by molar-refractivity contribution is 0.0697. The Bertz CT molecular complexity index is 403. The third kappa shape index (κ3) is 4.75. The van der Waals surface area contributed by atoms with E-state index in [1.165, 1.54) is 0 Å². The molecule has 1 rings (SSSR count). The molecule has 0 fully saturated rings. The molecule has 0 saturated carbocycles. The summed E-state index contributed by atoms with van der Waals surface area (Å²) in [7, 11) is 4.14. The molecule has 4 nitrogen and oxygen atoms in total. The zero-order valence-corrected chi connectivity index (χ0v) is 11.4. The molecule has 100 valence electrons. The molecule has 0 saturated heterocycles. The smallest absolute Gasteiger partial charge is 0.335 e. The summed E-state index contributed by atoms with van der Waals surface area (Å²) in [4.78, 5) is 13.0. The molecule has 0 amide bonds. The van der Waals surface area contributed by atoms with Gasteiger partial charge in [-0.3, -0.25) is 0 Å². The molecule has 2 N–H and O–H groups in total. The van der Waals surface area contributed by atoms with Crippen molar-refractivity contribution in [1.29, 1.82) is 0 Å². The third-order valence-corrected chi connectivity index (χ3v) is 2.82. The summed E-state index contributed by atoms with van der Waals surface area (Å²) in [6.07, 6.45) is 2.27. The van der Waals surface area contributed by atoms with Crippen LogP contribution >= 0.6 is 0 Å². The maximum atomic E-state index is 10.8. The zero-order chi connectivity index (χ0) is 13.5. The lowest BCUT2D eigenvalue weighted by Gasteiger charge is -2.12. The molecule has 0 radical (unpaired) electrons. The summed E-state index contributed by atoms with van der Waals surface area (Å²) in [6.45, 7) is 3.94. The molecule has 0 bridgehead atoms. The van der Waals surface area contributed by atoms with E-state index in [9.17, 15) is 4.79 Å². The maximum Gasteiger partial charge on any atom is 0.335 e. The van der Waals surface area contributed by atoms with Crippen LogP contribution in [0.5, 0.6) is 0 Å². The van der Waals surface area contributed by atoms with Gasteiger partial charge in [-0.1, -0.05) is 0 Å². The summed E-state index contributed by atoms with van der Waals surface area (Å²) in [6, 6.07) is 5.17. The first-order valence-corrected chi connectivity index (χ1v) is 6.23. The van der Waals surface area contributed by atoms with Crippen molar-refractivity contribution in [3.8, 4) is 0 Å². The highest BCUT2D eigenvalue weighted by molar-refractivity contribution is 5.88. The van der Waals surface area contributed by atoms with Gasteiger partial charge in [0.1, 0.15) is 0 Å². The van der Waals surface area contributed by atoms with E-state index in [4.69, 9.17) is 5.11 Å². The lowest BCUT2D eigenvalue weighted by atomic mass is 10.1. The summed E-state index contributed by atoms with van der Waals surface area (Å²) in [5, 5.41) is 12.2. The van der Waals surface area contributed by atoms with Crippen LogP contribution in [0.25, 0.3) is 0 Å². The fourth-order valence-electron chi connectivity index (χ4n) is 1.77. The number of unbranched alkanes of at least 4 members (excludes halogenated alkanes) is 1. The zero-order valence-electron chi connectivity index (χ0n) is 11.4. The first kappa shape index (κ1) is 14.5. The molecule has 1 aromatic carbocycles. The molecule has 0 aliphatic heterocycles. The average Bonchev–Trinajstić information content (AvgIpc) is 2.29. The second-order valence-electron chi connectivity index (χ2n) is 4.77.